The van der Waals surface area contributed by atoms with Gasteiger partial charge < -0.3 is 15.7 Å². The Balaban J connectivity index is 2.31. The topological polar surface area (TPSA) is 74.2 Å². The van der Waals surface area contributed by atoms with Crippen molar-refractivity contribution in [2.45, 2.75) is 26.4 Å². The lowest BCUT2D eigenvalue weighted by molar-refractivity contribution is 0.220. The predicted molar refractivity (Wildman–Crippen MR) is 58.8 cm³/mol. The SMILES string of the molecule is Cc1ncsc1CNC(=O)N[C@@H](C)CO. The molecule has 0 aliphatic heterocycles. The van der Waals surface area contributed by atoms with Crippen molar-refractivity contribution < 1.29 is 9.90 Å². The van der Waals surface area contributed by atoms with Crippen molar-refractivity contribution in [2.24, 2.45) is 0 Å². The monoisotopic (exact) mass is 229 g/mol. The minimum absolute atomic E-state index is 0.0625. The first-order valence-corrected chi connectivity index (χ1v) is 5.55. The number of aryl methyl sites for hydroxylation is 1. The second kappa shape index (κ2) is 5.67. The lowest BCUT2D eigenvalue weighted by Crippen LogP contribution is -2.41. The highest BCUT2D eigenvalue weighted by molar-refractivity contribution is 7.09. The summed E-state index contributed by atoms with van der Waals surface area (Å²) in [5.74, 6) is 0. The van der Waals surface area contributed by atoms with Crippen LogP contribution < -0.4 is 10.6 Å². The summed E-state index contributed by atoms with van der Waals surface area (Å²) < 4.78 is 0. The molecule has 6 heteroatoms. The molecule has 2 amide bonds. The lowest BCUT2D eigenvalue weighted by atomic mass is 10.4. The van der Waals surface area contributed by atoms with Crippen molar-refractivity contribution in [1.29, 1.82) is 0 Å². The summed E-state index contributed by atoms with van der Waals surface area (Å²) in [6, 6.07) is -0.503. The number of aromatic nitrogens is 1. The molecule has 1 aromatic rings. The Morgan fingerprint density at radius 3 is 3.00 bits per heavy atom. The number of aliphatic hydroxyl groups excluding tert-OH is 1. The van der Waals surface area contributed by atoms with Gasteiger partial charge in [0.1, 0.15) is 0 Å². The van der Waals surface area contributed by atoms with Crippen molar-refractivity contribution in [1.82, 2.24) is 15.6 Å². The number of aliphatic hydroxyl groups is 1. The van der Waals surface area contributed by atoms with Crippen molar-refractivity contribution in [2.75, 3.05) is 6.61 Å². The van der Waals surface area contributed by atoms with Gasteiger partial charge in [0.25, 0.3) is 0 Å². The fourth-order valence-electron chi connectivity index (χ4n) is 0.977. The molecular weight excluding hydrogens is 214 g/mol. The van der Waals surface area contributed by atoms with Gasteiger partial charge in [-0.2, -0.15) is 0 Å². The summed E-state index contributed by atoms with van der Waals surface area (Å²) in [6.07, 6.45) is 0. The fourth-order valence-corrected chi connectivity index (χ4v) is 1.69. The standard InChI is InChI=1S/C9H15N3O2S/c1-6(4-13)12-9(14)10-3-8-7(2)11-5-15-8/h5-6,13H,3-4H2,1-2H3,(H2,10,12,14)/t6-/m0/s1. The van der Waals surface area contributed by atoms with Crippen LogP contribution in [-0.4, -0.2) is 28.8 Å². The number of carbonyl (C=O) groups is 1. The molecule has 0 spiro atoms. The highest BCUT2D eigenvalue weighted by Gasteiger charge is 2.06. The van der Waals surface area contributed by atoms with Crippen LogP contribution in [0.2, 0.25) is 0 Å². The van der Waals surface area contributed by atoms with E-state index < -0.39 is 0 Å². The van der Waals surface area contributed by atoms with E-state index in [1.807, 2.05) is 6.92 Å². The molecule has 0 aliphatic rings. The summed E-state index contributed by atoms with van der Waals surface area (Å²) in [6.45, 7) is 4.05. The average molecular weight is 229 g/mol. The summed E-state index contributed by atoms with van der Waals surface area (Å²) in [7, 11) is 0. The Kier molecular flexibility index (Phi) is 4.51. The number of hydrogen-bond donors (Lipinski definition) is 3. The molecule has 0 saturated heterocycles. The Hall–Kier alpha value is -1.14. The maximum Gasteiger partial charge on any atom is 0.315 e. The molecule has 0 fully saturated rings. The number of carbonyl (C=O) groups excluding carboxylic acids is 1. The molecule has 0 radical (unpaired) electrons. The van der Waals surface area contributed by atoms with E-state index in [-0.39, 0.29) is 18.7 Å². The van der Waals surface area contributed by atoms with Gasteiger partial charge in [-0.1, -0.05) is 0 Å². The number of rotatable bonds is 4. The van der Waals surface area contributed by atoms with E-state index in [2.05, 4.69) is 15.6 Å². The molecule has 1 aromatic heterocycles. The number of nitrogens with zero attached hydrogens (tertiary/aromatic N) is 1. The first-order chi connectivity index (χ1) is 7.13. The summed E-state index contributed by atoms with van der Waals surface area (Å²) in [4.78, 5) is 16.4. The molecule has 0 bridgehead atoms. The van der Waals surface area contributed by atoms with Gasteiger partial charge in [0.2, 0.25) is 0 Å². The van der Waals surface area contributed by atoms with E-state index in [0.717, 1.165) is 10.6 Å². The zero-order valence-corrected chi connectivity index (χ0v) is 9.60. The minimum atomic E-state index is -0.274. The number of urea groups is 1. The largest absolute Gasteiger partial charge is 0.394 e. The van der Waals surface area contributed by atoms with Crippen LogP contribution in [0.25, 0.3) is 0 Å². The second-order valence-corrected chi connectivity index (χ2v) is 4.21. The van der Waals surface area contributed by atoms with E-state index in [0.29, 0.717) is 6.54 Å². The zero-order valence-electron chi connectivity index (χ0n) is 8.78. The highest BCUT2D eigenvalue weighted by Crippen LogP contribution is 2.10. The van der Waals surface area contributed by atoms with E-state index in [9.17, 15) is 4.79 Å². The molecule has 0 aromatic carbocycles. The molecule has 15 heavy (non-hydrogen) atoms. The molecule has 84 valence electrons. The van der Waals surface area contributed by atoms with Crippen molar-refractivity contribution >= 4 is 17.4 Å². The van der Waals surface area contributed by atoms with E-state index in [1.54, 1.807) is 12.4 Å². The number of thiazole rings is 1. The average Bonchev–Trinajstić information content (AvgIpc) is 2.61. The first-order valence-electron chi connectivity index (χ1n) is 4.67. The summed E-state index contributed by atoms with van der Waals surface area (Å²) >= 11 is 1.51. The summed E-state index contributed by atoms with van der Waals surface area (Å²) in [5, 5.41) is 14.0. The molecule has 3 N–H and O–H groups in total. The minimum Gasteiger partial charge on any atom is -0.394 e. The molecule has 0 aliphatic carbocycles. The third-order valence-electron chi connectivity index (χ3n) is 1.91. The van der Waals surface area contributed by atoms with Crippen LogP contribution in [-0.2, 0) is 6.54 Å². The molecule has 0 unspecified atom stereocenters. The van der Waals surface area contributed by atoms with Crippen LogP contribution in [0.4, 0.5) is 4.79 Å². The maximum absolute atomic E-state index is 11.3. The predicted octanol–water partition coefficient (Wildman–Crippen LogP) is 0.632. The third kappa shape index (κ3) is 3.85. The van der Waals surface area contributed by atoms with Crippen LogP contribution in [0.5, 0.6) is 0 Å². The van der Waals surface area contributed by atoms with E-state index in [4.69, 9.17) is 5.11 Å². The zero-order chi connectivity index (χ0) is 11.3. The maximum atomic E-state index is 11.3. The van der Waals surface area contributed by atoms with Gasteiger partial charge in [0.15, 0.2) is 0 Å². The fraction of sp³-hybridized carbons (Fsp3) is 0.556. The van der Waals surface area contributed by atoms with Gasteiger partial charge >= 0.3 is 6.03 Å². The quantitative estimate of drug-likeness (QED) is 0.709. The summed E-state index contributed by atoms with van der Waals surface area (Å²) in [5.41, 5.74) is 2.69. The molecule has 5 nitrogen and oxygen atoms in total. The van der Waals surface area contributed by atoms with Gasteiger partial charge in [-0.3, -0.25) is 0 Å². The molecule has 1 heterocycles. The van der Waals surface area contributed by atoms with Gasteiger partial charge in [0.05, 0.1) is 30.4 Å². The normalized spacial score (nSPS) is 12.2. The molecule has 0 saturated carbocycles. The Bertz CT molecular complexity index is 327. The molecule has 1 rings (SSSR count). The Morgan fingerprint density at radius 1 is 1.73 bits per heavy atom. The number of hydrogen-bond acceptors (Lipinski definition) is 4. The van der Waals surface area contributed by atoms with Crippen molar-refractivity contribution in [3.63, 3.8) is 0 Å². The van der Waals surface area contributed by atoms with Gasteiger partial charge in [-0.15, -0.1) is 11.3 Å². The Morgan fingerprint density at radius 2 is 2.47 bits per heavy atom. The van der Waals surface area contributed by atoms with Gasteiger partial charge in [-0.25, -0.2) is 9.78 Å². The van der Waals surface area contributed by atoms with E-state index >= 15 is 0 Å². The van der Waals surface area contributed by atoms with Crippen LogP contribution in [0.15, 0.2) is 5.51 Å². The number of amides is 2. The molecule has 1 atom stereocenters. The lowest BCUT2D eigenvalue weighted by Gasteiger charge is -2.11. The highest BCUT2D eigenvalue weighted by atomic mass is 32.1. The van der Waals surface area contributed by atoms with E-state index in [1.165, 1.54) is 11.3 Å². The van der Waals surface area contributed by atoms with Crippen LogP contribution in [0.3, 0.4) is 0 Å². The van der Waals surface area contributed by atoms with Crippen LogP contribution >= 0.6 is 11.3 Å². The third-order valence-corrected chi connectivity index (χ3v) is 2.84. The second-order valence-electron chi connectivity index (χ2n) is 3.27. The van der Waals surface area contributed by atoms with Crippen molar-refractivity contribution in [3.8, 4) is 0 Å². The smallest absolute Gasteiger partial charge is 0.315 e. The number of nitrogens with one attached hydrogen (secondary N) is 2. The Labute approximate surface area is 92.5 Å². The van der Waals surface area contributed by atoms with Crippen LogP contribution in [0, 0.1) is 6.92 Å². The van der Waals surface area contributed by atoms with Crippen molar-refractivity contribution in [3.05, 3.63) is 16.1 Å². The molecular formula is C9H15N3O2S. The van der Waals surface area contributed by atoms with Gasteiger partial charge in [-0.05, 0) is 13.8 Å². The van der Waals surface area contributed by atoms with Crippen LogP contribution in [0.1, 0.15) is 17.5 Å². The van der Waals surface area contributed by atoms with Gasteiger partial charge in [0, 0.05) is 4.88 Å². The first kappa shape index (κ1) is 11.9.